The zero-order valence-corrected chi connectivity index (χ0v) is 72.7. The number of amides is 2. The van der Waals surface area contributed by atoms with Gasteiger partial charge in [0.05, 0.1) is 114 Å². The lowest BCUT2D eigenvalue weighted by Gasteiger charge is -2.51. The Bertz CT molecular complexity index is 3490. The lowest BCUT2D eigenvalue weighted by atomic mass is 9.66. The van der Waals surface area contributed by atoms with Gasteiger partial charge in [-0.2, -0.15) is 0 Å². The summed E-state index contributed by atoms with van der Waals surface area (Å²) in [7, 11) is 6.47. The van der Waals surface area contributed by atoms with E-state index in [0.29, 0.717) is 25.8 Å². The maximum atomic E-state index is 13.7. The van der Waals surface area contributed by atoms with Crippen LogP contribution in [0.5, 0.6) is 23.0 Å². The van der Waals surface area contributed by atoms with Crippen molar-refractivity contribution in [3.8, 4) is 23.0 Å². The lowest BCUT2D eigenvalue weighted by Crippen LogP contribution is -2.65. The maximum Gasteiger partial charge on any atom is 0.252 e. The number of phenolic OH excluding ortho intramolecular Hbond substituents is 2. The predicted octanol–water partition coefficient (Wildman–Crippen LogP) is 9.32. The van der Waals surface area contributed by atoms with Gasteiger partial charge in [0.1, 0.15) is 65.1 Å². The SMILES string of the molecule is CO[C@@H]1C(C(=O)NCc2ccc(O)cc2)O[C@@H](C[C@@H]2C(CO)O[C@@H](C[C@@H]3C(C(C)=O)O[C@@H](O[C@@H]4C(CO)O[C@@H](C)C(NC(C)=O)[C@H]4O)C(C)[C@H]3O)C(CC(C)=O)[C@H]2C)C(C)[C@H]1C.CO[C@@H]1C(C(C)=O)O[C@@H](C[C@@H]2C(CO)O[C@@H](C)C(CC(C)=O)[C@H]2C)C(C)[C@H]1C.COc1cc(C)cc(OC)c1.NCc1ccc(O)cc1.[CH2+]C1CCCCC1. The monoisotopic (exact) mass is 1650 g/mol. The van der Waals surface area contributed by atoms with Crippen LogP contribution in [0.3, 0.4) is 0 Å². The summed E-state index contributed by atoms with van der Waals surface area (Å²) in [6.45, 7) is 30.9. The van der Waals surface area contributed by atoms with E-state index in [9.17, 15) is 59.4 Å². The van der Waals surface area contributed by atoms with Crippen LogP contribution >= 0.6 is 0 Å². The number of ether oxygens (including phenoxy) is 11. The van der Waals surface area contributed by atoms with Crippen LogP contribution in [0, 0.1) is 90.8 Å². The molecule has 0 radical (unpaired) electrons. The highest BCUT2D eigenvalue weighted by molar-refractivity contribution is 5.82. The molecule has 11 N–H and O–H groups in total. The number of aliphatic hydroxyl groups excluding tert-OH is 5. The molecular weight excluding hydrogens is 1510 g/mol. The second-order valence-electron chi connectivity index (χ2n) is 34.1. The van der Waals surface area contributed by atoms with E-state index in [-0.39, 0.29) is 151 Å². The summed E-state index contributed by atoms with van der Waals surface area (Å²) in [5, 5.41) is 78.3. The number of aliphatic hydroxyl groups is 5. The normalized spacial score (nSPS) is 35.6. The Morgan fingerprint density at radius 2 is 0.949 bits per heavy atom. The quantitative estimate of drug-likeness (QED) is 0.0334. The molecule has 117 heavy (non-hydrogen) atoms. The second-order valence-corrected chi connectivity index (χ2v) is 34.1. The van der Waals surface area contributed by atoms with Gasteiger partial charge in [-0.05, 0) is 206 Å². The summed E-state index contributed by atoms with van der Waals surface area (Å²) in [6.07, 6.45) is -3.44. The number of rotatable bonds is 26. The van der Waals surface area contributed by atoms with Gasteiger partial charge in [-0.3, -0.25) is 19.2 Å². The zero-order valence-electron chi connectivity index (χ0n) is 72.7. The van der Waals surface area contributed by atoms with Crippen molar-refractivity contribution in [1.82, 2.24) is 10.6 Å². The smallest absolute Gasteiger partial charge is 0.252 e. The molecule has 10 rings (SSSR count). The van der Waals surface area contributed by atoms with Crippen LogP contribution in [-0.2, 0) is 84.5 Å². The third-order valence-corrected chi connectivity index (χ3v) is 25.8. The number of methoxy groups -OCH3 is 4. The Morgan fingerprint density at radius 3 is 1.40 bits per heavy atom. The van der Waals surface area contributed by atoms with Gasteiger partial charge >= 0.3 is 0 Å². The molecule has 2 amide bonds. The fraction of sp³-hybridized carbons (Fsp3) is 0.722. The molecule has 0 spiro atoms. The largest absolute Gasteiger partial charge is 0.508 e. The van der Waals surface area contributed by atoms with Crippen LogP contribution in [0.15, 0.2) is 66.7 Å². The molecule has 0 bridgehead atoms. The minimum absolute atomic E-state index is 0.0228. The first-order valence-corrected chi connectivity index (χ1v) is 42.1. The third-order valence-electron chi connectivity index (χ3n) is 25.8. The van der Waals surface area contributed by atoms with E-state index in [1.807, 2.05) is 52.8 Å². The first-order valence-electron chi connectivity index (χ1n) is 42.1. The third kappa shape index (κ3) is 27.6. The van der Waals surface area contributed by atoms with Crippen molar-refractivity contribution >= 4 is 34.9 Å². The summed E-state index contributed by atoms with van der Waals surface area (Å²) >= 11 is 0. The van der Waals surface area contributed by atoms with Gasteiger partial charge in [0.15, 0.2) is 24.0 Å². The lowest BCUT2D eigenvalue weighted by molar-refractivity contribution is -0.311. The van der Waals surface area contributed by atoms with E-state index in [4.69, 9.17) is 62.9 Å². The molecule has 3 aromatic carbocycles. The van der Waals surface area contributed by atoms with E-state index in [2.05, 4.69) is 38.3 Å². The molecule has 7 fully saturated rings. The van der Waals surface area contributed by atoms with Gasteiger partial charge < -0.3 is 114 Å². The summed E-state index contributed by atoms with van der Waals surface area (Å²) in [4.78, 5) is 75.7. The number of phenols is 2. The standard InChI is InChI=1S/C45H70N2O15.C22H38O6.C9H12O2.C7H9NO.C7H13/c1-20(50)14-30-23(4)31(15-33-21(2)22(3)40(57-9)43(60-33)44(56)46-17-28-10-12-29(53)13-11-28)35(18-48)59-34(30)16-32-38(54)24(5)45(61-41(32)25(6)51)62-42-36(19-49)58-26(7)37(39(42)55)47-27(8)52;1-11(24)8-17-14(4)18(20(10-23)27-16(17)6)9-19-12(2)13(3)21(26-7)22(28-19)15(5)25;1-7-4-8(10-2)6-9(5-7)11-3;8-5-6-1-3-7(9)4-2-6;1-7-5-3-2-4-6-7/h10-13,21-24,26,30-43,45,48-49,53-55H,14-19H2,1-9H3,(H,46,56)(H,47,52);12-14,16-23H,8-10H2,1-7H3;4-6H,1-3H3;1-4,9H,5,8H2;7H,1-6H2/q;;;;+1/t21?,22-,23-,24?,26+,30?,31+,32+,33+,34+,35?,36?,37?,38-,39-,40+,41?,42-,43?,45+;12?,13-,14-,16+,17?,18+,19+,20?,21+,22?;;;/m11.../s1. The average molecular weight is 1650 g/mol. The highest BCUT2D eigenvalue weighted by Crippen LogP contribution is 2.48. The number of aryl methyl sites for hydroxylation is 1. The number of Topliss-reactive ketones (excluding diaryl/α,β-unsaturated/α-hetero) is 4. The van der Waals surface area contributed by atoms with Crippen LogP contribution in [0.25, 0.3) is 0 Å². The number of aromatic hydroxyl groups is 2. The molecule has 27 heteroatoms. The first-order chi connectivity index (χ1) is 55.4. The number of ketones is 4. The molecule has 6 saturated heterocycles. The van der Waals surface area contributed by atoms with Gasteiger partial charge in [-0.1, -0.05) is 79.2 Å². The predicted molar refractivity (Wildman–Crippen MR) is 440 cm³/mol. The highest BCUT2D eigenvalue weighted by atomic mass is 16.7. The molecule has 0 aromatic heterocycles. The molecule has 6 heterocycles. The van der Waals surface area contributed by atoms with Crippen LogP contribution in [-0.4, -0.2) is 229 Å². The Labute approximate surface area is 694 Å². The Kier molecular flexibility index (Phi) is 40.7. The van der Waals surface area contributed by atoms with Gasteiger partial charge in [-0.25, -0.2) is 0 Å². The fourth-order valence-corrected chi connectivity index (χ4v) is 18.4. The van der Waals surface area contributed by atoms with Gasteiger partial charge in [0, 0.05) is 65.0 Å². The summed E-state index contributed by atoms with van der Waals surface area (Å²) in [5.41, 5.74) is 8.29. The fourth-order valence-electron chi connectivity index (χ4n) is 18.4. The molecule has 12 unspecified atom stereocenters. The van der Waals surface area contributed by atoms with Crippen LogP contribution < -0.4 is 25.8 Å². The van der Waals surface area contributed by atoms with Gasteiger partial charge in [-0.15, -0.1) is 0 Å². The summed E-state index contributed by atoms with van der Waals surface area (Å²) in [6, 6.07) is 18.3. The topological polar surface area (TPSA) is 396 Å². The molecule has 1 aliphatic carbocycles. The number of hydrogen-bond acceptors (Lipinski definition) is 25. The number of nitrogens with two attached hydrogens (primary N) is 1. The summed E-state index contributed by atoms with van der Waals surface area (Å²) in [5.74, 6) is -0.0586. The van der Waals surface area contributed by atoms with Crippen LogP contribution in [0.2, 0.25) is 0 Å². The maximum absolute atomic E-state index is 13.7. The van der Waals surface area contributed by atoms with Crippen molar-refractivity contribution in [3.05, 3.63) is 90.3 Å². The van der Waals surface area contributed by atoms with Crippen molar-refractivity contribution in [2.75, 3.05) is 48.3 Å². The molecule has 660 valence electrons. The molecular formula is C90H142N3O24+. The molecule has 27 nitrogen and oxygen atoms in total. The number of hydrogen-bond donors (Lipinski definition) is 10. The van der Waals surface area contributed by atoms with Crippen LogP contribution in [0.1, 0.15) is 178 Å². The van der Waals surface area contributed by atoms with Gasteiger partial charge in [0.2, 0.25) is 5.91 Å². The number of nitrogens with one attached hydrogen (secondary N) is 2. The summed E-state index contributed by atoms with van der Waals surface area (Å²) < 4.78 is 65.6. The Balaban J connectivity index is 0.000000310. The Hall–Kier alpha value is -6.25. The first kappa shape index (κ1) is 99.6. The van der Waals surface area contributed by atoms with E-state index in [1.165, 1.54) is 52.9 Å². The van der Waals surface area contributed by atoms with Crippen molar-refractivity contribution in [2.24, 2.45) is 82.7 Å². The average Bonchev–Trinajstić information content (AvgIpc) is 0.768. The van der Waals surface area contributed by atoms with Crippen molar-refractivity contribution in [2.45, 2.75) is 291 Å². The van der Waals surface area contributed by atoms with Crippen molar-refractivity contribution in [1.29, 1.82) is 0 Å². The molecule has 6 aliphatic heterocycles. The molecule has 7 aliphatic rings. The van der Waals surface area contributed by atoms with E-state index in [0.717, 1.165) is 34.1 Å². The molecule has 1 saturated carbocycles. The second kappa shape index (κ2) is 47.8. The minimum atomic E-state index is -1.32. The molecule has 3 aromatic rings. The van der Waals surface area contributed by atoms with E-state index in [1.54, 1.807) is 105 Å². The minimum Gasteiger partial charge on any atom is -0.508 e. The van der Waals surface area contributed by atoms with E-state index < -0.39 is 116 Å². The van der Waals surface area contributed by atoms with Crippen molar-refractivity contribution < 1.29 is 117 Å². The van der Waals surface area contributed by atoms with Crippen molar-refractivity contribution in [3.63, 3.8) is 0 Å². The van der Waals surface area contributed by atoms with Crippen LogP contribution in [0.4, 0.5) is 0 Å². The Morgan fingerprint density at radius 1 is 0.487 bits per heavy atom. The van der Waals surface area contributed by atoms with Gasteiger partial charge in [0.25, 0.3) is 5.91 Å². The highest BCUT2D eigenvalue weighted by Gasteiger charge is 2.55. The number of benzene rings is 3. The zero-order chi connectivity index (χ0) is 87.0. The molecule has 30 atom stereocenters. The number of carbonyl (C=O) groups is 6. The number of carbonyl (C=O) groups excluding carboxylic acids is 6. The van der Waals surface area contributed by atoms with E-state index >= 15 is 0 Å².